The largest absolute Gasteiger partial charge is 0.467 e. The lowest BCUT2D eigenvalue weighted by molar-refractivity contribution is -0.187. The Morgan fingerprint density at radius 3 is 2.48 bits per heavy atom. The fourth-order valence-corrected chi connectivity index (χ4v) is 3.17. The van der Waals surface area contributed by atoms with E-state index in [0.29, 0.717) is 44.9 Å². The first kappa shape index (κ1) is 18.2. The monoisotopic (exact) mass is 362 g/mol. The van der Waals surface area contributed by atoms with Crippen LogP contribution in [0.5, 0.6) is 0 Å². The zero-order valence-electron chi connectivity index (χ0n) is 13.8. The van der Waals surface area contributed by atoms with Crippen LogP contribution < -0.4 is 0 Å². The van der Waals surface area contributed by atoms with Gasteiger partial charge in [-0.15, -0.1) is 0 Å². The van der Waals surface area contributed by atoms with Gasteiger partial charge >= 0.3 is 6.18 Å². The average Bonchev–Trinajstić information content (AvgIpc) is 3.20. The molecule has 0 atom stereocenters. The third-order valence-corrected chi connectivity index (χ3v) is 4.44. The van der Waals surface area contributed by atoms with Crippen molar-refractivity contribution in [1.29, 1.82) is 0 Å². The molecule has 1 amide bonds. The number of piperidine rings is 1. The molecule has 140 valence electrons. The summed E-state index contributed by atoms with van der Waals surface area (Å²) in [6.45, 7) is 0.653. The molecule has 1 aromatic heterocycles. The van der Waals surface area contributed by atoms with Gasteiger partial charge in [0.1, 0.15) is 12.3 Å². The summed E-state index contributed by atoms with van der Waals surface area (Å²) in [5.41, 5.74) is 0. The smallest absolute Gasteiger partial charge is 0.406 e. The first-order chi connectivity index (χ1) is 11.9. The third kappa shape index (κ3) is 4.96. The Bertz CT molecular complexity index is 560. The summed E-state index contributed by atoms with van der Waals surface area (Å²) < 4.78 is 54.7. The van der Waals surface area contributed by atoms with Crippen LogP contribution in [0.15, 0.2) is 22.8 Å². The zero-order valence-corrected chi connectivity index (χ0v) is 13.8. The molecule has 3 heterocycles. The molecule has 0 bridgehead atoms. The van der Waals surface area contributed by atoms with Crippen molar-refractivity contribution in [3.05, 3.63) is 24.2 Å². The lowest BCUT2D eigenvalue weighted by Gasteiger charge is -2.37. The van der Waals surface area contributed by atoms with Gasteiger partial charge in [0, 0.05) is 25.9 Å². The molecule has 0 N–H and O–H groups in total. The molecule has 0 radical (unpaired) electrons. The van der Waals surface area contributed by atoms with E-state index in [-0.39, 0.29) is 13.1 Å². The minimum absolute atomic E-state index is 0.0626. The number of furan rings is 1. The van der Waals surface area contributed by atoms with Crippen molar-refractivity contribution in [1.82, 2.24) is 9.80 Å². The Labute approximate surface area is 143 Å². The van der Waals surface area contributed by atoms with Gasteiger partial charge in [-0.25, -0.2) is 0 Å². The highest BCUT2D eigenvalue weighted by Gasteiger charge is 2.40. The minimum atomic E-state index is -4.46. The van der Waals surface area contributed by atoms with Crippen LogP contribution in [0.2, 0.25) is 0 Å². The first-order valence-corrected chi connectivity index (χ1v) is 8.22. The van der Waals surface area contributed by atoms with Gasteiger partial charge in [-0.1, -0.05) is 0 Å². The van der Waals surface area contributed by atoms with E-state index >= 15 is 0 Å². The highest BCUT2D eigenvalue weighted by atomic mass is 19.4. The third-order valence-electron chi connectivity index (χ3n) is 4.44. The number of rotatable bonds is 5. The second kappa shape index (κ2) is 7.35. The molecule has 6 nitrogen and oxygen atoms in total. The molecule has 3 rings (SSSR count). The number of ether oxygens (including phenoxy) is 2. The zero-order chi connectivity index (χ0) is 17.9. The minimum Gasteiger partial charge on any atom is -0.467 e. The van der Waals surface area contributed by atoms with E-state index in [4.69, 9.17) is 13.9 Å². The van der Waals surface area contributed by atoms with Crippen LogP contribution >= 0.6 is 0 Å². The van der Waals surface area contributed by atoms with Crippen molar-refractivity contribution in [2.75, 3.05) is 39.4 Å². The van der Waals surface area contributed by atoms with Crippen LogP contribution in [0.3, 0.4) is 0 Å². The van der Waals surface area contributed by atoms with Gasteiger partial charge in [0.05, 0.1) is 32.6 Å². The molecular formula is C16H21F3N2O4. The van der Waals surface area contributed by atoms with Crippen molar-refractivity contribution < 1.29 is 31.9 Å². The topological polar surface area (TPSA) is 55.2 Å². The maximum atomic E-state index is 12.8. The Morgan fingerprint density at radius 1 is 1.24 bits per heavy atom. The fraction of sp³-hybridized carbons (Fsp3) is 0.688. The van der Waals surface area contributed by atoms with Crippen molar-refractivity contribution >= 4 is 5.91 Å². The molecule has 25 heavy (non-hydrogen) atoms. The summed E-state index contributed by atoms with van der Waals surface area (Å²) in [5, 5.41) is 0. The normalized spacial score (nSPS) is 20.9. The molecule has 2 aliphatic heterocycles. The summed E-state index contributed by atoms with van der Waals surface area (Å²) in [6, 6.07) is 3.13. The van der Waals surface area contributed by atoms with Crippen LogP contribution in [0.25, 0.3) is 0 Å². The molecule has 2 fully saturated rings. The molecule has 0 aromatic carbocycles. The van der Waals surface area contributed by atoms with Crippen LogP contribution in [0.1, 0.15) is 18.6 Å². The van der Waals surface area contributed by atoms with Gasteiger partial charge in [-0.2, -0.15) is 13.2 Å². The molecule has 2 aliphatic rings. The number of likely N-dealkylation sites (tertiary alicyclic amines) is 1. The van der Waals surface area contributed by atoms with Crippen molar-refractivity contribution in [3.63, 3.8) is 0 Å². The summed E-state index contributed by atoms with van der Waals surface area (Å²) in [7, 11) is 0. The molecule has 0 unspecified atom stereocenters. The first-order valence-electron chi connectivity index (χ1n) is 8.22. The second-order valence-corrected chi connectivity index (χ2v) is 6.33. The van der Waals surface area contributed by atoms with Crippen LogP contribution in [-0.2, 0) is 20.8 Å². The predicted molar refractivity (Wildman–Crippen MR) is 80.5 cm³/mol. The lowest BCUT2D eigenvalue weighted by Crippen LogP contribution is -2.49. The summed E-state index contributed by atoms with van der Waals surface area (Å²) >= 11 is 0. The SMILES string of the molecule is O=C(CN1CCC2(CC1)OCCO2)N(Cc1ccco1)CC(F)(F)F. The Hall–Kier alpha value is -1.58. The van der Waals surface area contributed by atoms with E-state index in [0.717, 1.165) is 4.90 Å². The number of alkyl halides is 3. The van der Waals surface area contributed by atoms with Crippen molar-refractivity contribution in [2.24, 2.45) is 0 Å². The number of halogens is 3. The predicted octanol–water partition coefficient (Wildman–Crippen LogP) is 2.01. The van der Waals surface area contributed by atoms with Gasteiger partial charge in [-0.3, -0.25) is 9.69 Å². The number of hydrogen-bond donors (Lipinski definition) is 0. The van der Waals surface area contributed by atoms with E-state index in [1.165, 1.54) is 6.26 Å². The van der Waals surface area contributed by atoms with Crippen LogP contribution in [0, 0.1) is 0 Å². The number of hydrogen-bond acceptors (Lipinski definition) is 5. The summed E-state index contributed by atoms with van der Waals surface area (Å²) in [6.07, 6.45) is -1.87. The lowest BCUT2D eigenvalue weighted by atomic mass is 10.0. The van der Waals surface area contributed by atoms with E-state index in [2.05, 4.69) is 0 Å². The maximum Gasteiger partial charge on any atom is 0.406 e. The summed E-state index contributed by atoms with van der Waals surface area (Å²) in [4.78, 5) is 15.0. The molecular weight excluding hydrogens is 341 g/mol. The summed E-state index contributed by atoms with van der Waals surface area (Å²) in [5.74, 6) is -0.819. The highest BCUT2D eigenvalue weighted by molar-refractivity contribution is 5.78. The van der Waals surface area contributed by atoms with Gasteiger partial charge in [0.25, 0.3) is 0 Å². The van der Waals surface area contributed by atoms with Gasteiger partial charge in [0.15, 0.2) is 5.79 Å². The molecule has 1 aromatic rings. The van der Waals surface area contributed by atoms with E-state index in [1.807, 2.05) is 4.90 Å². The fourth-order valence-electron chi connectivity index (χ4n) is 3.17. The quantitative estimate of drug-likeness (QED) is 0.802. The van der Waals surface area contributed by atoms with E-state index in [1.54, 1.807) is 12.1 Å². The highest BCUT2D eigenvalue weighted by Crippen LogP contribution is 2.31. The maximum absolute atomic E-state index is 12.8. The molecule has 2 saturated heterocycles. The van der Waals surface area contributed by atoms with Gasteiger partial charge < -0.3 is 18.8 Å². The van der Waals surface area contributed by atoms with E-state index in [9.17, 15) is 18.0 Å². The molecule has 0 saturated carbocycles. The Morgan fingerprint density at radius 2 is 1.92 bits per heavy atom. The van der Waals surface area contributed by atoms with E-state index < -0.39 is 24.4 Å². The molecule has 0 aliphatic carbocycles. The number of amides is 1. The second-order valence-electron chi connectivity index (χ2n) is 6.33. The number of carbonyl (C=O) groups is 1. The van der Waals surface area contributed by atoms with Gasteiger partial charge in [0.2, 0.25) is 5.91 Å². The molecule has 9 heteroatoms. The molecule has 1 spiro atoms. The number of carbonyl (C=O) groups excluding carboxylic acids is 1. The van der Waals surface area contributed by atoms with Crippen LogP contribution in [-0.4, -0.2) is 67.1 Å². The standard InChI is InChI=1S/C16H21F3N2O4/c17-16(18,19)12-21(10-13-2-1-7-23-13)14(22)11-20-5-3-15(4-6-20)24-8-9-25-15/h1-2,7H,3-6,8-12H2. The Balaban J connectivity index is 1.56. The van der Waals surface area contributed by atoms with Crippen molar-refractivity contribution in [2.45, 2.75) is 31.3 Å². The van der Waals surface area contributed by atoms with Crippen molar-refractivity contribution in [3.8, 4) is 0 Å². The van der Waals surface area contributed by atoms with Gasteiger partial charge in [-0.05, 0) is 12.1 Å². The average molecular weight is 362 g/mol. The Kier molecular flexibility index (Phi) is 5.35. The number of nitrogens with zero attached hydrogens (tertiary/aromatic N) is 2. The van der Waals surface area contributed by atoms with Crippen LogP contribution in [0.4, 0.5) is 13.2 Å².